The van der Waals surface area contributed by atoms with Crippen LogP contribution in [0.4, 0.5) is 0 Å². The van der Waals surface area contributed by atoms with Gasteiger partial charge in [0.15, 0.2) is 0 Å². The summed E-state index contributed by atoms with van der Waals surface area (Å²) in [5.41, 5.74) is 1.35. The van der Waals surface area contributed by atoms with Crippen LogP contribution < -0.4 is 10.1 Å². The van der Waals surface area contributed by atoms with E-state index in [1.54, 1.807) is 7.11 Å². The molecule has 0 saturated carbocycles. The van der Waals surface area contributed by atoms with Gasteiger partial charge in [0.2, 0.25) is 0 Å². The molecule has 4 heteroatoms. The normalized spacial score (nSPS) is 18.6. The first kappa shape index (κ1) is 13.7. The summed E-state index contributed by atoms with van der Waals surface area (Å²) >= 11 is 6.11. The molecule has 1 aromatic carbocycles. The molecule has 1 aliphatic rings. The number of hydrogen-bond donors (Lipinski definition) is 1. The zero-order valence-electron chi connectivity index (χ0n) is 11.0. The molecule has 18 heavy (non-hydrogen) atoms. The monoisotopic (exact) mass is 269 g/mol. The Morgan fingerprint density at radius 1 is 1.39 bits per heavy atom. The number of nitrogens with one attached hydrogen (secondary N) is 1. The Labute approximate surface area is 113 Å². The highest BCUT2D eigenvalue weighted by Gasteiger charge is 2.26. The third-order valence-corrected chi connectivity index (χ3v) is 3.83. The number of rotatable bonds is 4. The zero-order valence-corrected chi connectivity index (χ0v) is 11.7. The highest BCUT2D eigenvalue weighted by Crippen LogP contribution is 2.26. The summed E-state index contributed by atoms with van der Waals surface area (Å²) in [6.45, 7) is 4.75. The Kier molecular flexibility index (Phi) is 4.49. The standard InChI is InChI=1S/C14H20ClNO2/c1-14(5-7-18-8-6-14)16-10-11-3-4-13(17-2)12(15)9-11/h3-4,9,16H,5-8,10H2,1-2H3. The Morgan fingerprint density at radius 2 is 2.11 bits per heavy atom. The van der Waals surface area contributed by atoms with Crippen LogP contribution in [0.25, 0.3) is 0 Å². The van der Waals surface area contributed by atoms with E-state index in [9.17, 15) is 0 Å². The van der Waals surface area contributed by atoms with E-state index in [1.807, 2.05) is 18.2 Å². The molecular formula is C14H20ClNO2. The molecule has 0 radical (unpaired) electrons. The van der Waals surface area contributed by atoms with Gasteiger partial charge >= 0.3 is 0 Å². The van der Waals surface area contributed by atoms with E-state index >= 15 is 0 Å². The summed E-state index contributed by atoms with van der Waals surface area (Å²) < 4.78 is 10.5. The largest absolute Gasteiger partial charge is 0.495 e. The fourth-order valence-corrected chi connectivity index (χ4v) is 2.41. The van der Waals surface area contributed by atoms with Crippen LogP contribution in [0.2, 0.25) is 5.02 Å². The lowest BCUT2D eigenvalue weighted by Crippen LogP contribution is -2.46. The van der Waals surface area contributed by atoms with E-state index < -0.39 is 0 Å². The first-order valence-electron chi connectivity index (χ1n) is 6.28. The lowest BCUT2D eigenvalue weighted by atomic mass is 9.92. The van der Waals surface area contributed by atoms with Crippen LogP contribution in [-0.2, 0) is 11.3 Å². The first-order valence-corrected chi connectivity index (χ1v) is 6.66. The van der Waals surface area contributed by atoms with Crippen molar-refractivity contribution in [1.29, 1.82) is 0 Å². The van der Waals surface area contributed by atoms with E-state index in [-0.39, 0.29) is 5.54 Å². The second-order valence-electron chi connectivity index (χ2n) is 5.00. The topological polar surface area (TPSA) is 30.5 Å². The maximum absolute atomic E-state index is 6.11. The molecular weight excluding hydrogens is 250 g/mol. The van der Waals surface area contributed by atoms with Gasteiger partial charge in [0.1, 0.15) is 5.75 Å². The molecule has 0 unspecified atom stereocenters. The number of ether oxygens (including phenoxy) is 2. The summed E-state index contributed by atoms with van der Waals surface area (Å²) in [6.07, 6.45) is 2.10. The predicted octanol–water partition coefficient (Wildman–Crippen LogP) is 3.01. The zero-order chi connectivity index (χ0) is 13.0. The molecule has 0 atom stereocenters. The first-order chi connectivity index (χ1) is 8.63. The fraction of sp³-hybridized carbons (Fsp3) is 0.571. The Hall–Kier alpha value is -0.770. The number of methoxy groups -OCH3 is 1. The van der Waals surface area contributed by atoms with Crippen molar-refractivity contribution in [2.24, 2.45) is 0 Å². The maximum Gasteiger partial charge on any atom is 0.137 e. The average molecular weight is 270 g/mol. The van der Waals surface area contributed by atoms with Gasteiger partial charge in [-0.15, -0.1) is 0 Å². The van der Waals surface area contributed by atoms with Crippen molar-refractivity contribution in [3.05, 3.63) is 28.8 Å². The lowest BCUT2D eigenvalue weighted by Gasteiger charge is -2.34. The summed E-state index contributed by atoms with van der Waals surface area (Å²) in [7, 11) is 1.63. The van der Waals surface area contributed by atoms with Crippen LogP contribution in [0.5, 0.6) is 5.75 Å². The van der Waals surface area contributed by atoms with Crippen molar-refractivity contribution >= 4 is 11.6 Å². The van der Waals surface area contributed by atoms with Crippen molar-refractivity contribution in [1.82, 2.24) is 5.32 Å². The molecule has 2 rings (SSSR count). The van der Waals surface area contributed by atoms with Gasteiger partial charge in [-0.25, -0.2) is 0 Å². The van der Waals surface area contributed by atoms with E-state index in [0.717, 1.165) is 38.3 Å². The number of hydrogen-bond acceptors (Lipinski definition) is 3. The quantitative estimate of drug-likeness (QED) is 0.912. The molecule has 1 aliphatic heterocycles. The van der Waals surface area contributed by atoms with E-state index in [0.29, 0.717) is 5.02 Å². The van der Waals surface area contributed by atoms with Gasteiger partial charge in [-0.05, 0) is 37.5 Å². The smallest absolute Gasteiger partial charge is 0.137 e. The minimum Gasteiger partial charge on any atom is -0.495 e. The number of halogens is 1. The molecule has 1 aromatic rings. The van der Waals surface area contributed by atoms with Gasteiger partial charge < -0.3 is 14.8 Å². The van der Waals surface area contributed by atoms with Crippen LogP contribution in [0.1, 0.15) is 25.3 Å². The fourth-order valence-electron chi connectivity index (χ4n) is 2.13. The summed E-state index contributed by atoms with van der Waals surface area (Å²) in [5, 5.41) is 4.26. The van der Waals surface area contributed by atoms with Crippen molar-refractivity contribution in [2.75, 3.05) is 20.3 Å². The Balaban J connectivity index is 1.95. The van der Waals surface area contributed by atoms with E-state index in [4.69, 9.17) is 21.1 Å². The third kappa shape index (κ3) is 3.37. The van der Waals surface area contributed by atoms with Crippen molar-refractivity contribution < 1.29 is 9.47 Å². The number of benzene rings is 1. The molecule has 100 valence electrons. The van der Waals surface area contributed by atoms with Gasteiger partial charge in [0.05, 0.1) is 12.1 Å². The lowest BCUT2D eigenvalue weighted by molar-refractivity contribution is 0.0446. The molecule has 1 heterocycles. The van der Waals surface area contributed by atoms with Crippen molar-refractivity contribution in [3.8, 4) is 5.75 Å². The van der Waals surface area contributed by atoms with Crippen LogP contribution in [0.3, 0.4) is 0 Å². The Morgan fingerprint density at radius 3 is 2.72 bits per heavy atom. The van der Waals surface area contributed by atoms with Crippen molar-refractivity contribution in [3.63, 3.8) is 0 Å². The van der Waals surface area contributed by atoms with Crippen LogP contribution in [0.15, 0.2) is 18.2 Å². The molecule has 0 aromatic heterocycles. The third-order valence-electron chi connectivity index (χ3n) is 3.53. The second kappa shape index (κ2) is 5.91. The van der Waals surface area contributed by atoms with E-state index in [2.05, 4.69) is 12.2 Å². The molecule has 1 fully saturated rings. The predicted molar refractivity (Wildman–Crippen MR) is 73.3 cm³/mol. The van der Waals surface area contributed by atoms with Gasteiger partial charge in [-0.1, -0.05) is 17.7 Å². The SMILES string of the molecule is COc1ccc(CNC2(C)CCOCC2)cc1Cl. The molecule has 0 bridgehead atoms. The minimum atomic E-state index is 0.171. The Bertz CT molecular complexity index is 403. The van der Waals surface area contributed by atoms with Crippen LogP contribution in [-0.4, -0.2) is 25.9 Å². The molecule has 0 spiro atoms. The molecule has 0 aliphatic carbocycles. The highest BCUT2D eigenvalue weighted by molar-refractivity contribution is 6.32. The molecule has 0 amide bonds. The average Bonchev–Trinajstić information content (AvgIpc) is 2.38. The highest BCUT2D eigenvalue weighted by atomic mass is 35.5. The van der Waals surface area contributed by atoms with Crippen LogP contribution in [0, 0.1) is 0 Å². The maximum atomic E-state index is 6.11. The van der Waals surface area contributed by atoms with Gasteiger partial charge in [0, 0.05) is 25.3 Å². The minimum absolute atomic E-state index is 0.171. The summed E-state index contributed by atoms with van der Waals surface area (Å²) in [5.74, 6) is 0.720. The van der Waals surface area contributed by atoms with Crippen molar-refractivity contribution in [2.45, 2.75) is 31.8 Å². The molecule has 1 saturated heterocycles. The van der Waals surface area contributed by atoms with Gasteiger partial charge in [-0.2, -0.15) is 0 Å². The van der Waals surface area contributed by atoms with Gasteiger partial charge in [-0.3, -0.25) is 0 Å². The van der Waals surface area contributed by atoms with E-state index in [1.165, 1.54) is 5.56 Å². The molecule has 3 nitrogen and oxygen atoms in total. The van der Waals surface area contributed by atoms with Crippen LogP contribution >= 0.6 is 11.6 Å². The van der Waals surface area contributed by atoms with Gasteiger partial charge in [0.25, 0.3) is 0 Å². The molecule has 1 N–H and O–H groups in total. The summed E-state index contributed by atoms with van der Waals surface area (Å²) in [4.78, 5) is 0. The second-order valence-corrected chi connectivity index (χ2v) is 5.40. The summed E-state index contributed by atoms with van der Waals surface area (Å²) in [6, 6.07) is 5.90.